The summed E-state index contributed by atoms with van der Waals surface area (Å²) in [4.78, 5) is 22.4. The largest absolute Gasteiger partial charge is 0.394 e. The second-order valence-corrected chi connectivity index (χ2v) is 3.94. The summed E-state index contributed by atoms with van der Waals surface area (Å²) in [5.74, 6) is -1.45. The lowest BCUT2D eigenvalue weighted by molar-refractivity contribution is -0.134. The summed E-state index contributed by atoms with van der Waals surface area (Å²) in [6.45, 7) is -0.283. The first-order valence-electron chi connectivity index (χ1n) is 5.09. The van der Waals surface area contributed by atoms with Crippen LogP contribution in [-0.4, -0.2) is 46.9 Å². The molecule has 2 aliphatic rings. The van der Waals surface area contributed by atoms with Gasteiger partial charge in [0.25, 0.3) is 0 Å². The second kappa shape index (κ2) is 4.32. The summed E-state index contributed by atoms with van der Waals surface area (Å²) in [6, 6.07) is 0. The highest BCUT2D eigenvalue weighted by molar-refractivity contribution is 6.05. The van der Waals surface area contributed by atoms with Crippen LogP contribution in [0.25, 0.3) is 0 Å². The van der Waals surface area contributed by atoms with Crippen molar-refractivity contribution in [2.75, 3.05) is 6.61 Å². The number of aliphatic hydroxyl groups is 2. The van der Waals surface area contributed by atoms with Gasteiger partial charge in [-0.15, -0.1) is 0 Å². The fourth-order valence-electron chi connectivity index (χ4n) is 1.97. The molecular weight excluding hydrogens is 214 g/mol. The van der Waals surface area contributed by atoms with Crippen LogP contribution in [0.4, 0.5) is 0 Å². The number of rotatable bonds is 2. The van der Waals surface area contributed by atoms with E-state index in [0.717, 1.165) is 0 Å². The fourth-order valence-corrected chi connectivity index (χ4v) is 1.97. The molecule has 88 valence electrons. The lowest BCUT2D eigenvalue weighted by atomic mass is 9.95. The molecule has 0 radical (unpaired) electrons. The first-order chi connectivity index (χ1) is 7.61. The zero-order chi connectivity index (χ0) is 11.7. The van der Waals surface area contributed by atoms with E-state index in [2.05, 4.69) is 5.32 Å². The predicted octanol–water partition coefficient (Wildman–Crippen LogP) is -1.67. The molecule has 1 saturated heterocycles. The monoisotopic (exact) mass is 227 g/mol. The minimum Gasteiger partial charge on any atom is -0.394 e. The van der Waals surface area contributed by atoms with E-state index < -0.39 is 36.0 Å². The molecule has 2 amide bonds. The van der Waals surface area contributed by atoms with Gasteiger partial charge in [0, 0.05) is 12.5 Å². The molecule has 16 heavy (non-hydrogen) atoms. The maximum atomic E-state index is 11.5. The maximum Gasteiger partial charge on any atom is 0.250 e. The average molecular weight is 227 g/mol. The van der Waals surface area contributed by atoms with E-state index in [0.29, 0.717) is 0 Å². The van der Waals surface area contributed by atoms with E-state index in [9.17, 15) is 14.7 Å². The van der Waals surface area contributed by atoms with E-state index in [1.54, 1.807) is 0 Å². The van der Waals surface area contributed by atoms with Gasteiger partial charge < -0.3 is 14.9 Å². The molecule has 4 unspecified atom stereocenters. The van der Waals surface area contributed by atoms with Crippen molar-refractivity contribution in [2.45, 2.75) is 24.7 Å². The third kappa shape index (κ3) is 1.99. The molecule has 2 aliphatic heterocycles. The number of nitrogens with one attached hydrogen (secondary N) is 1. The summed E-state index contributed by atoms with van der Waals surface area (Å²) in [5.41, 5.74) is 0. The zero-order valence-electron chi connectivity index (χ0n) is 8.50. The van der Waals surface area contributed by atoms with Crippen molar-refractivity contribution in [3.05, 3.63) is 12.2 Å². The minimum atomic E-state index is -0.770. The molecule has 0 bridgehead atoms. The quantitative estimate of drug-likeness (QED) is 0.490. The Kier molecular flexibility index (Phi) is 3.04. The third-order valence-corrected chi connectivity index (χ3v) is 2.84. The van der Waals surface area contributed by atoms with Crippen molar-refractivity contribution in [1.82, 2.24) is 5.32 Å². The van der Waals surface area contributed by atoms with Gasteiger partial charge in [-0.1, -0.05) is 6.08 Å². The van der Waals surface area contributed by atoms with Crippen LogP contribution in [0.5, 0.6) is 0 Å². The minimum absolute atomic E-state index is 0.280. The second-order valence-electron chi connectivity index (χ2n) is 3.94. The Balaban J connectivity index is 2.07. The Morgan fingerprint density at radius 3 is 2.81 bits per heavy atom. The summed E-state index contributed by atoms with van der Waals surface area (Å²) in [5, 5.41) is 20.6. The molecule has 3 N–H and O–H groups in total. The van der Waals surface area contributed by atoms with Crippen LogP contribution in [0.15, 0.2) is 12.2 Å². The molecule has 1 fully saturated rings. The Hall–Kier alpha value is -1.24. The smallest absolute Gasteiger partial charge is 0.250 e. The number of carbonyl (C=O) groups is 2. The van der Waals surface area contributed by atoms with Crippen LogP contribution < -0.4 is 5.32 Å². The Morgan fingerprint density at radius 1 is 1.50 bits per heavy atom. The van der Waals surface area contributed by atoms with Gasteiger partial charge in [-0.25, -0.2) is 0 Å². The van der Waals surface area contributed by atoms with Gasteiger partial charge in [0.2, 0.25) is 11.8 Å². The molecule has 0 aromatic carbocycles. The van der Waals surface area contributed by atoms with E-state index in [4.69, 9.17) is 9.84 Å². The van der Waals surface area contributed by atoms with Gasteiger partial charge >= 0.3 is 0 Å². The molecule has 0 aromatic rings. The highest BCUT2D eigenvalue weighted by Gasteiger charge is 2.40. The normalized spacial score (nSPS) is 38.9. The highest BCUT2D eigenvalue weighted by Crippen LogP contribution is 2.27. The maximum absolute atomic E-state index is 11.5. The number of amides is 2. The van der Waals surface area contributed by atoms with Gasteiger partial charge in [-0.3, -0.25) is 14.9 Å². The first-order valence-corrected chi connectivity index (χ1v) is 5.09. The van der Waals surface area contributed by atoms with E-state index in [1.165, 1.54) is 12.2 Å². The summed E-state index contributed by atoms with van der Waals surface area (Å²) < 4.78 is 5.34. The summed E-state index contributed by atoms with van der Waals surface area (Å²) in [7, 11) is 0. The van der Waals surface area contributed by atoms with E-state index in [-0.39, 0.29) is 13.0 Å². The molecule has 2 rings (SSSR count). The number of imide groups is 1. The van der Waals surface area contributed by atoms with Crippen LogP contribution in [0, 0.1) is 5.92 Å². The van der Waals surface area contributed by atoms with Gasteiger partial charge in [-0.05, 0) is 0 Å². The number of hydrogen-bond donors (Lipinski definition) is 3. The predicted molar refractivity (Wildman–Crippen MR) is 52.2 cm³/mol. The topological polar surface area (TPSA) is 95.9 Å². The van der Waals surface area contributed by atoms with Crippen LogP contribution in [0.3, 0.4) is 0 Å². The Labute approximate surface area is 91.9 Å². The van der Waals surface area contributed by atoms with Gasteiger partial charge in [0.05, 0.1) is 24.7 Å². The zero-order valence-corrected chi connectivity index (χ0v) is 8.50. The molecule has 0 saturated carbocycles. The third-order valence-electron chi connectivity index (χ3n) is 2.84. The number of carbonyl (C=O) groups excluding carboxylic acids is 2. The molecule has 0 aromatic heterocycles. The molecule has 2 heterocycles. The molecule has 4 atom stereocenters. The van der Waals surface area contributed by atoms with Crippen LogP contribution in [0.2, 0.25) is 0 Å². The molecule has 6 nitrogen and oxygen atoms in total. The number of hydrogen-bond acceptors (Lipinski definition) is 5. The molecule has 0 spiro atoms. The van der Waals surface area contributed by atoms with E-state index >= 15 is 0 Å². The van der Waals surface area contributed by atoms with Crippen molar-refractivity contribution in [2.24, 2.45) is 5.92 Å². The van der Waals surface area contributed by atoms with E-state index in [1.807, 2.05) is 0 Å². The summed E-state index contributed by atoms with van der Waals surface area (Å²) >= 11 is 0. The van der Waals surface area contributed by atoms with Crippen molar-refractivity contribution >= 4 is 11.8 Å². The lowest BCUT2D eigenvalue weighted by Crippen LogP contribution is -2.42. The van der Waals surface area contributed by atoms with Crippen LogP contribution in [-0.2, 0) is 14.3 Å². The van der Waals surface area contributed by atoms with Gasteiger partial charge in [0.15, 0.2) is 0 Å². The Bertz CT molecular complexity index is 340. The Morgan fingerprint density at radius 2 is 2.25 bits per heavy atom. The van der Waals surface area contributed by atoms with Crippen molar-refractivity contribution < 1.29 is 24.5 Å². The lowest BCUT2D eigenvalue weighted by Gasteiger charge is -2.21. The van der Waals surface area contributed by atoms with Gasteiger partial charge in [0.1, 0.15) is 6.10 Å². The number of ether oxygens (including phenoxy) is 1. The average Bonchev–Trinajstić information content (AvgIpc) is 2.59. The molecule has 6 heteroatoms. The van der Waals surface area contributed by atoms with Gasteiger partial charge in [-0.2, -0.15) is 0 Å². The molecular formula is C10H13NO5. The SMILES string of the molecule is O=C1C=CC(C2CC(O)C(CO)O2)C(=O)N1. The molecule has 0 aliphatic carbocycles. The van der Waals surface area contributed by atoms with Crippen LogP contribution >= 0.6 is 0 Å². The highest BCUT2D eigenvalue weighted by atomic mass is 16.5. The van der Waals surface area contributed by atoms with Crippen molar-refractivity contribution in [1.29, 1.82) is 0 Å². The van der Waals surface area contributed by atoms with Crippen molar-refractivity contribution in [3.63, 3.8) is 0 Å². The number of aliphatic hydroxyl groups excluding tert-OH is 2. The van der Waals surface area contributed by atoms with Crippen LogP contribution in [0.1, 0.15) is 6.42 Å². The van der Waals surface area contributed by atoms with Crippen molar-refractivity contribution in [3.8, 4) is 0 Å². The fraction of sp³-hybridized carbons (Fsp3) is 0.600. The summed E-state index contributed by atoms with van der Waals surface area (Å²) in [6.07, 6.45) is 1.11. The first kappa shape index (κ1) is 11.3. The standard InChI is InChI=1S/C10H13NO5/c12-4-8-6(13)3-7(16-8)5-1-2-9(14)11-10(5)15/h1-2,5-8,12-13H,3-4H2,(H,11,14,15).